The Labute approximate surface area is 93.1 Å². The van der Waals surface area contributed by atoms with Gasteiger partial charge in [0.05, 0.1) is 0 Å². The molecule has 0 saturated carbocycles. The molecule has 0 heterocycles. The first-order valence-corrected chi connectivity index (χ1v) is 5.64. The van der Waals surface area contributed by atoms with E-state index >= 15 is 0 Å². The summed E-state index contributed by atoms with van der Waals surface area (Å²) in [6.07, 6.45) is 0.774. The second-order valence-electron chi connectivity index (χ2n) is 3.33. The van der Waals surface area contributed by atoms with E-state index in [1.807, 2.05) is 19.1 Å². The molecule has 0 aliphatic rings. The predicted octanol–water partition coefficient (Wildman–Crippen LogP) is 2.74. The summed E-state index contributed by atoms with van der Waals surface area (Å²) in [5, 5.41) is 18.2. The van der Waals surface area contributed by atoms with Crippen molar-refractivity contribution in [2.45, 2.75) is 29.9 Å². The number of carboxylic acid groups (broad SMARTS) is 1. The number of phenolic OH excluding ortho intramolecular Hbond substituents is 1. The van der Waals surface area contributed by atoms with E-state index in [2.05, 4.69) is 0 Å². The summed E-state index contributed by atoms with van der Waals surface area (Å²) in [6, 6.07) is 7.08. The van der Waals surface area contributed by atoms with Crippen LogP contribution in [0.2, 0.25) is 0 Å². The van der Waals surface area contributed by atoms with Gasteiger partial charge in [0, 0.05) is 16.6 Å². The zero-order valence-electron chi connectivity index (χ0n) is 8.51. The van der Waals surface area contributed by atoms with Gasteiger partial charge in [0.15, 0.2) is 0 Å². The number of aliphatic carboxylic acids is 1. The number of hydrogen-bond acceptors (Lipinski definition) is 3. The van der Waals surface area contributed by atoms with Crippen molar-refractivity contribution in [1.29, 1.82) is 0 Å². The molecule has 1 atom stereocenters. The lowest BCUT2D eigenvalue weighted by molar-refractivity contribution is -0.137. The fourth-order valence-electron chi connectivity index (χ4n) is 1.16. The molecule has 1 rings (SSSR count). The molecule has 3 nitrogen and oxygen atoms in total. The van der Waals surface area contributed by atoms with Crippen molar-refractivity contribution in [3.05, 3.63) is 24.3 Å². The van der Waals surface area contributed by atoms with Gasteiger partial charge in [0.1, 0.15) is 5.75 Å². The molecule has 2 N–H and O–H groups in total. The largest absolute Gasteiger partial charge is 0.507 e. The zero-order chi connectivity index (χ0) is 11.3. The van der Waals surface area contributed by atoms with Crippen LogP contribution in [0.1, 0.15) is 19.8 Å². The summed E-state index contributed by atoms with van der Waals surface area (Å²) in [7, 11) is 0. The van der Waals surface area contributed by atoms with Gasteiger partial charge in [-0.05, 0) is 18.6 Å². The second kappa shape index (κ2) is 5.66. The van der Waals surface area contributed by atoms with Gasteiger partial charge in [0.2, 0.25) is 0 Å². The lowest BCUT2D eigenvalue weighted by Crippen LogP contribution is -2.02. The summed E-state index contributed by atoms with van der Waals surface area (Å²) in [5.74, 6) is -0.524. The van der Waals surface area contributed by atoms with Crippen LogP contribution in [0.15, 0.2) is 29.2 Å². The first kappa shape index (κ1) is 11.9. The molecule has 0 aliphatic carbocycles. The van der Waals surface area contributed by atoms with Crippen molar-refractivity contribution in [3.63, 3.8) is 0 Å². The summed E-state index contributed by atoms with van der Waals surface area (Å²) in [5.41, 5.74) is 0. The molecular weight excluding hydrogens is 212 g/mol. The molecule has 1 aromatic rings. The Balaban J connectivity index is 2.47. The smallest absolute Gasteiger partial charge is 0.303 e. The number of carboxylic acids is 1. The van der Waals surface area contributed by atoms with Gasteiger partial charge in [-0.2, -0.15) is 0 Å². The third-order valence-electron chi connectivity index (χ3n) is 1.96. The SMILES string of the molecule is CC(CCC(=O)O)Sc1ccccc1O. The third kappa shape index (κ3) is 4.25. The van der Waals surface area contributed by atoms with Crippen molar-refractivity contribution >= 4 is 17.7 Å². The number of phenols is 1. The summed E-state index contributed by atoms with van der Waals surface area (Å²) in [4.78, 5) is 11.2. The van der Waals surface area contributed by atoms with Crippen LogP contribution >= 0.6 is 11.8 Å². The van der Waals surface area contributed by atoms with Crippen LogP contribution in [-0.2, 0) is 4.79 Å². The summed E-state index contributed by atoms with van der Waals surface area (Å²) >= 11 is 1.50. The maximum Gasteiger partial charge on any atom is 0.303 e. The van der Waals surface area contributed by atoms with E-state index in [-0.39, 0.29) is 17.4 Å². The van der Waals surface area contributed by atoms with Crippen LogP contribution in [0, 0.1) is 0 Å². The molecule has 4 heteroatoms. The number of rotatable bonds is 5. The van der Waals surface area contributed by atoms with Crippen molar-refractivity contribution < 1.29 is 15.0 Å². The Bertz CT molecular complexity index is 338. The Hall–Kier alpha value is -1.16. The number of benzene rings is 1. The van der Waals surface area contributed by atoms with Gasteiger partial charge in [-0.15, -0.1) is 11.8 Å². The quantitative estimate of drug-likeness (QED) is 0.758. The highest BCUT2D eigenvalue weighted by molar-refractivity contribution is 8.00. The van der Waals surface area contributed by atoms with Crippen LogP contribution < -0.4 is 0 Å². The lowest BCUT2D eigenvalue weighted by atomic mass is 10.2. The van der Waals surface area contributed by atoms with Gasteiger partial charge in [-0.25, -0.2) is 0 Å². The molecule has 0 aromatic heterocycles. The maximum absolute atomic E-state index is 10.4. The van der Waals surface area contributed by atoms with Crippen LogP contribution in [0.25, 0.3) is 0 Å². The minimum atomic E-state index is -0.778. The molecule has 0 radical (unpaired) electrons. The minimum Gasteiger partial charge on any atom is -0.507 e. The van der Waals surface area contributed by atoms with E-state index in [9.17, 15) is 9.90 Å². The Morgan fingerprint density at radius 3 is 2.73 bits per heavy atom. The minimum absolute atomic E-state index is 0.168. The first-order valence-electron chi connectivity index (χ1n) is 4.76. The van der Waals surface area contributed by atoms with E-state index in [4.69, 9.17) is 5.11 Å². The normalized spacial score (nSPS) is 12.3. The highest BCUT2D eigenvalue weighted by Gasteiger charge is 2.09. The molecule has 0 spiro atoms. The topological polar surface area (TPSA) is 57.5 Å². The average Bonchev–Trinajstić information content (AvgIpc) is 2.18. The van der Waals surface area contributed by atoms with E-state index < -0.39 is 5.97 Å². The lowest BCUT2D eigenvalue weighted by Gasteiger charge is -2.10. The fraction of sp³-hybridized carbons (Fsp3) is 0.364. The van der Waals surface area contributed by atoms with E-state index in [0.29, 0.717) is 6.42 Å². The standard InChI is InChI=1S/C11H14O3S/c1-8(6-7-11(13)14)15-10-5-3-2-4-9(10)12/h2-5,8,12H,6-7H2,1H3,(H,13,14). The van der Waals surface area contributed by atoms with E-state index in [1.165, 1.54) is 11.8 Å². The third-order valence-corrected chi connectivity index (χ3v) is 3.20. The van der Waals surface area contributed by atoms with Crippen LogP contribution in [0.5, 0.6) is 5.75 Å². The van der Waals surface area contributed by atoms with Crippen molar-refractivity contribution in [1.82, 2.24) is 0 Å². The molecule has 1 unspecified atom stereocenters. The summed E-state index contributed by atoms with van der Waals surface area (Å²) in [6.45, 7) is 1.96. The van der Waals surface area contributed by atoms with Crippen molar-refractivity contribution in [2.24, 2.45) is 0 Å². The van der Waals surface area contributed by atoms with E-state index in [0.717, 1.165) is 4.90 Å². The Morgan fingerprint density at radius 2 is 2.13 bits per heavy atom. The summed E-state index contributed by atoms with van der Waals surface area (Å²) < 4.78 is 0. The van der Waals surface area contributed by atoms with Crippen LogP contribution in [0.4, 0.5) is 0 Å². The zero-order valence-corrected chi connectivity index (χ0v) is 9.33. The molecule has 1 aromatic carbocycles. The highest BCUT2D eigenvalue weighted by Crippen LogP contribution is 2.32. The number of hydrogen-bond donors (Lipinski definition) is 2. The Morgan fingerprint density at radius 1 is 1.47 bits per heavy atom. The van der Waals surface area contributed by atoms with Crippen LogP contribution in [0.3, 0.4) is 0 Å². The molecule has 0 aliphatic heterocycles. The molecule has 0 amide bonds. The molecule has 0 bridgehead atoms. The van der Waals surface area contributed by atoms with Gasteiger partial charge >= 0.3 is 5.97 Å². The van der Waals surface area contributed by atoms with Gasteiger partial charge in [-0.3, -0.25) is 4.79 Å². The monoisotopic (exact) mass is 226 g/mol. The van der Waals surface area contributed by atoms with E-state index in [1.54, 1.807) is 12.1 Å². The van der Waals surface area contributed by atoms with Gasteiger partial charge in [-0.1, -0.05) is 19.1 Å². The number of para-hydroxylation sites is 1. The second-order valence-corrected chi connectivity index (χ2v) is 4.81. The molecular formula is C11H14O3S. The van der Waals surface area contributed by atoms with Crippen molar-refractivity contribution in [3.8, 4) is 5.75 Å². The number of aromatic hydroxyl groups is 1. The average molecular weight is 226 g/mol. The van der Waals surface area contributed by atoms with Crippen LogP contribution in [-0.4, -0.2) is 21.4 Å². The molecule has 82 valence electrons. The Kier molecular flexibility index (Phi) is 4.49. The maximum atomic E-state index is 10.4. The number of carbonyl (C=O) groups is 1. The predicted molar refractivity (Wildman–Crippen MR) is 60.3 cm³/mol. The molecule has 15 heavy (non-hydrogen) atoms. The number of thioether (sulfide) groups is 1. The molecule has 0 saturated heterocycles. The fourth-order valence-corrected chi connectivity index (χ4v) is 2.17. The van der Waals surface area contributed by atoms with Crippen molar-refractivity contribution in [2.75, 3.05) is 0 Å². The van der Waals surface area contributed by atoms with Gasteiger partial charge < -0.3 is 10.2 Å². The highest BCUT2D eigenvalue weighted by atomic mass is 32.2. The first-order chi connectivity index (χ1) is 7.09. The molecule has 0 fully saturated rings. The van der Waals surface area contributed by atoms with Gasteiger partial charge in [0.25, 0.3) is 0 Å².